The first-order chi connectivity index (χ1) is 9.02. The van der Waals surface area contributed by atoms with Crippen LogP contribution in [0.3, 0.4) is 0 Å². The number of rotatable bonds is 8. The molecule has 2 atom stereocenters. The van der Waals surface area contributed by atoms with E-state index in [0.29, 0.717) is 18.5 Å². The normalized spacial score (nSPS) is 21.1. The van der Waals surface area contributed by atoms with Crippen molar-refractivity contribution in [1.82, 2.24) is 15.5 Å². The van der Waals surface area contributed by atoms with E-state index in [4.69, 9.17) is 0 Å². The molecule has 1 amide bonds. The summed E-state index contributed by atoms with van der Waals surface area (Å²) in [5.41, 5.74) is 0. The standard InChI is InChI=1S/C15H31N3O/c1-5-18(14-8-9-16-10-14)11-15(19)17-13(4)7-6-12(2)3/h12-14,16H,5-11H2,1-4H3,(H,17,19). The zero-order chi connectivity index (χ0) is 14.3. The molecule has 0 aromatic carbocycles. The largest absolute Gasteiger partial charge is 0.353 e. The molecule has 0 spiro atoms. The molecular weight excluding hydrogens is 238 g/mol. The second-order valence-electron chi connectivity index (χ2n) is 6.15. The third-order valence-corrected chi connectivity index (χ3v) is 3.89. The predicted molar refractivity (Wildman–Crippen MR) is 80.2 cm³/mol. The van der Waals surface area contributed by atoms with E-state index >= 15 is 0 Å². The van der Waals surface area contributed by atoms with Crippen LogP contribution in [0.5, 0.6) is 0 Å². The molecule has 0 bridgehead atoms. The van der Waals surface area contributed by atoms with Crippen LogP contribution in [-0.2, 0) is 4.79 Å². The molecule has 0 saturated carbocycles. The maximum Gasteiger partial charge on any atom is 0.234 e. The van der Waals surface area contributed by atoms with Crippen molar-refractivity contribution >= 4 is 5.91 Å². The molecule has 1 heterocycles. The Kier molecular flexibility index (Phi) is 7.39. The van der Waals surface area contributed by atoms with Gasteiger partial charge in [-0.15, -0.1) is 0 Å². The quantitative estimate of drug-likeness (QED) is 0.704. The van der Waals surface area contributed by atoms with Crippen molar-refractivity contribution in [3.05, 3.63) is 0 Å². The summed E-state index contributed by atoms with van der Waals surface area (Å²) in [5.74, 6) is 0.876. The van der Waals surface area contributed by atoms with Crippen LogP contribution in [0.25, 0.3) is 0 Å². The fraction of sp³-hybridized carbons (Fsp3) is 0.933. The van der Waals surface area contributed by atoms with Gasteiger partial charge in [-0.1, -0.05) is 20.8 Å². The first-order valence-electron chi connectivity index (χ1n) is 7.77. The second-order valence-corrected chi connectivity index (χ2v) is 6.15. The molecule has 1 fully saturated rings. The number of nitrogens with zero attached hydrogens (tertiary/aromatic N) is 1. The van der Waals surface area contributed by atoms with Gasteiger partial charge in [0.25, 0.3) is 0 Å². The number of nitrogens with one attached hydrogen (secondary N) is 2. The third-order valence-electron chi connectivity index (χ3n) is 3.89. The highest BCUT2D eigenvalue weighted by Gasteiger charge is 2.23. The van der Waals surface area contributed by atoms with Crippen molar-refractivity contribution in [3.8, 4) is 0 Å². The zero-order valence-corrected chi connectivity index (χ0v) is 13.0. The van der Waals surface area contributed by atoms with Crippen molar-refractivity contribution in [1.29, 1.82) is 0 Å². The molecule has 2 unspecified atom stereocenters. The van der Waals surface area contributed by atoms with Crippen molar-refractivity contribution in [3.63, 3.8) is 0 Å². The van der Waals surface area contributed by atoms with E-state index in [1.54, 1.807) is 0 Å². The number of hydrogen-bond acceptors (Lipinski definition) is 3. The molecule has 0 aromatic rings. The fourth-order valence-corrected chi connectivity index (χ4v) is 2.61. The lowest BCUT2D eigenvalue weighted by atomic mass is 10.0. The van der Waals surface area contributed by atoms with E-state index in [2.05, 4.69) is 43.2 Å². The van der Waals surface area contributed by atoms with Crippen molar-refractivity contribution in [2.75, 3.05) is 26.2 Å². The molecule has 4 nitrogen and oxygen atoms in total. The fourth-order valence-electron chi connectivity index (χ4n) is 2.61. The van der Waals surface area contributed by atoms with Crippen LogP contribution >= 0.6 is 0 Å². The van der Waals surface area contributed by atoms with E-state index in [-0.39, 0.29) is 11.9 Å². The molecule has 19 heavy (non-hydrogen) atoms. The van der Waals surface area contributed by atoms with Gasteiger partial charge < -0.3 is 10.6 Å². The minimum atomic E-state index is 0.171. The Morgan fingerprint density at radius 1 is 1.37 bits per heavy atom. The summed E-state index contributed by atoms with van der Waals surface area (Å²) in [5, 5.41) is 6.48. The van der Waals surface area contributed by atoms with E-state index in [1.165, 1.54) is 6.42 Å². The predicted octanol–water partition coefficient (Wildman–Crippen LogP) is 1.61. The molecule has 0 aliphatic carbocycles. The summed E-state index contributed by atoms with van der Waals surface area (Å²) >= 11 is 0. The van der Waals surface area contributed by atoms with Gasteiger partial charge >= 0.3 is 0 Å². The Morgan fingerprint density at radius 2 is 2.11 bits per heavy atom. The SMILES string of the molecule is CCN(CC(=O)NC(C)CCC(C)C)C1CCNC1. The minimum Gasteiger partial charge on any atom is -0.353 e. The summed E-state index contributed by atoms with van der Waals surface area (Å²) in [6.45, 7) is 12.3. The lowest BCUT2D eigenvalue weighted by molar-refractivity contribution is -0.123. The molecule has 1 aliphatic rings. The Labute approximate surface area is 118 Å². The molecular formula is C15H31N3O. The van der Waals surface area contributed by atoms with E-state index in [0.717, 1.165) is 32.5 Å². The monoisotopic (exact) mass is 269 g/mol. The van der Waals surface area contributed by atoms with Gasteiger partial charge in [0.15, 0.2) is 0 Å². The van der Waals surface area contributed by atoms with Crippen LogP contribution in [0, 0.1) is 5.92 Å². The second kappa shape index (κ2) is 8.54. The van der Waals surface area contributed by atoms with Crippen molar-refractivity contribution in [2.45, 2.75) is 59.0 Å². The van der Waals surface area contributed by atoms with Gasteiger partial charge in [0, 0.05) is 18.6 Å². The highest BCUT2D eigenvalue weighted by atomic mass is 16.2. The molecule has 0 aromatic heterocycles. The summed E-state index contributed by atoms with van der Waals surface area (Å²) in [6, 6.07) is 0.817. The first kappa shape index (κ1) is 16.4. The maximum absolute atomic E-state index is 12.1. The Balaban J connectivity index is 2.27. The van der Waals surface area contributed by atoms with Gasteiger partial charge in [0.1, 0.15) is 0 Å². The average Bonchev–Trinajstić information content (AvgIpc) is 2.87. The summed E-state index contributed by atoms with van der Waals surface area (Å²) in [6.07, 6.45) is 3.40. The van der Waals surface area contributed by atoms with Crippen molar-refractivity contribution < 1.29 is 4.79 Å². The topological polar surface area (TPSA) is 44.4 Å². The van der Waals surface area contributed by atoms with Crippen LogP contribution in [0.2, 0.25) is 0 Å². The zero-order valence-electron chi connectivity index (χ0n) is 13.0. The molecule has 0 radical (unpaired) electrons. The number of amides is 1. The third kappa shape index (κ3) is 6.39. The molecule has 4 heteroatoms. The lowest BCUT2D eigenvalue weighted by Crippen LogP contribution is -2.45. The molecule has 112 valence electrons. The van der Waals surface area contributed by atoms with Crippen LogP contribution in [0.15, 0.2) is 0 Å². The average molecular weight is 269 g/mol. The van der Waals surface area contributed by atoms with E-state index in [9.17, 15) is 4.79 Å². The molecule has 1 rings (SSSR count). The highest BCUT2D eigenvalue weighted by Crippen LogP contribution is 2.09. The Hall–Kier alpha value is -0.610. The Bertz CT molecular complexity index is 262. The van der Waals surface area contributed by atoms with Crippen LogP contribution in [0.1, 0.15) is 47.0 Å². The number of carbonyl (C=O) groups excluding carboxylic acids is 1. The van der Waals surface area contributed by atoms with Crippen LogP contribution in [-0.4, -0.2) is 49.1 Å². The molecule has 2 N–H and O–H groups in total. The molecule has 1 saturated heterocycles. The van der Waals surface area contributed by atoms with Gasteiger partial charge in [-0.3, -0.25) is 9.69 Å². The van der Waals surface area contributed by atoms with Gasteiger partial charge in [0.2, 0.25) is 5.91 Å². The minimum absolute atomic E-state index is 0.171. The van der Waals surface area contributed by atoms with Crippen molar-refractivity contribution in [2.24, 2.45) is 5.92 Å². The first-order valence-corrected chi connectivity index (χ1v) is 7.77. The van der Waals surface area contributed by atoms with Crippen LogP contribution < -0.4 is 10.6 Å². The van der Waals surface area contributed by atoms with Crippen LogP contribution in [0.4, 0.5) is 0 Å². The lowest BCUT2D eigenvalue weighted by Gasteiger charge is -2.27. The Morgan fingerprint density at radius 3 is 2.63 bits per heavy atom. The summed E-state index contributed by atoms with van der Waals surface area (Å²) in [4.78, 5) is 14.3. The summed E-state index contributed by atoms with van der Waals surface area (Å²) in [7, 11) is 0. The molecule has 1 aliphatic heterocycles. The van der Waals surface area contributed by atoms with E-state index in [1.807, 2.05) is 0 Å². The van der Waals surface area contributed by atoms with E-state index < -0.39 is 0 Å². The number of carbonyl (C=O) groups is 1. The smallest absolute Gasteiger partial charge is 0.234 e. The van der Waals surface area contributed by atoms with Gasteiger partial charge in [0.05, 0.1) is 6.54 Å². The van der Waals surface area contributed by atoms with Gasteiger partial charge in [-0.05, 0) is 45.2 Å². The summed E-state index contributed by atoms with van der Waals surface area (Å²) < 4.78 is 0. The maximum atomic E-state index is 12.1. The highest BCUT2D eigenvalue weighted by molar-refractivity contribution is 5.78. The van der Waals surface area contributed by atoms with Gasteiger partial charge in [-0.2, -0.15) is 0 Å². The number of likely N-dealkylation sites (N-methyl/N-ethyl adjacent to an activating group) is 1. The van der Waals surface area contributed by atoms with Gasteiger partial charge in [-0.25, -0.2) is 0 Å². The number of hydrogen-bond donors (Lipinski definition) is 2.